The second-order valence-electron chi connectivity index (χ2n) is 3.52. The molecule has 2 rings (SSSR count). The van der Waals surface area contributed by atoms with Crippen molar-refractivity contribution in [3.05, 3.63) is 11.2 Å². The Morgan fingerprint density at radius 3 is 2.88 bits per heavy atom. The molecule has 0 saturated carbocycles. The standard InChI is InChI=1S/C10H12ClN3O3/c1-7(15)17-9-8(11)6-12-10(13-9)14-2-4-16-5-3-14/h6H,2-5H2,1H3. The summed E-state index contributed by atoms with van der Waals surface area (Å²) in [6.07, 6.45) is 1.43. The molecular formula is C10H12ClN3O3. The Balaban J connectivity index is 2.20. The van der Waals surface area contributed by atoms with Crippen LogP contribution in [0.2, 0.25) is 5.02 Å². The van der Waals surface area contributed by atoms with Crippen molar-refractivity contribution in [2.45, 2.75) is 6.92 Å². The van der Waals surface area contributed by atoms with Gasteiger partial charge >= 0.3 is 5.97 Å². The molecule has 1 aliphatic rings. The molecule has 1 aliphatic heterocycles. The third-order valence-electron chi connectivity index (χ3n) is 2.23. The van der Waals surface area contributed by atoms with Gasteiger partial charge < -0.3 is 14.4 Å². The maximum absolute atomic E-state index is 10.9. The van der Waals surface area contributed by atoms with Crippen molar-refractivity contribution in [2.75, 3.05) is 31.2 Å². The van der Waals surface area contributed by atoms with E-state index < -0.39 is 5.97 Å². The molecule has 6 nitrogen and oxygen atoms in total. The number of carbonyl (C=O) groups is 1. The average molecular weight is 258 g/mol. The molecule has 0 amide bonds. The van der Waals surface area contributed by atoms with Crippen LogP contribution in [0.4, 0.5) is 5.95 Å². The van der Waals surface area contributed by atoms with Crippen molar-refractivity contribution in [1.29, 1.82) is 0 Å². The third kappa shape index (κ3) is 3.04. The van der Waals surface area contributed by atoms with Crippen molar-refractivity contribution < 1.29 is 14.3 Å². The number of rotatable bonds is 2. The quantitative estimate of drug-likeness (QED) is 0.734. The van der Waals surface area contributed by atoms with Gasteiger partial charge in [-0.3, -0.25) is 4.79 Å². The van der Waals surface area contributed by atoms with Crippen LogP contribution in [0.25, 0.3) is 0 Å². The molecule has 0 aliphatic carbocycles. The minimum Gasteiger partial charge on any atom is -0.406 e. The van der Waals surface area contributed by atoms with Crippen molar-refractivity contribution in [1.82, 2.24) is 9.97 Å². The van der Waals surface area contributed by atoms with E-state index >= 15 is 0 Å². The predicted molar refractivity (Wildman–Crippen MR) is 61.4 cm³/mol. The highest BCUT2D eigenvalue weighted by molar-refractivity contribution is 6.31. The molecule has 0 atom stereocenters. The Kier molecular flexibility index (Phi) is 3.75. The van der Waals surface area contributed by atoms with Gasteiger partial charge in [0.05, 0.1) is 19.4 Å². The van der Waals surface area contributed by atoms with E-state index in [2.05, 4.69) is 9.97 Å². The van der Waals surface area contributed by atoms with Gasteiger partial charge in [0.25, 0.3) is 0 Å². The van der Waals surface area contributed by atoms with E-state index in [0.29, 0.717) is 32.3 Å². The zero-order valence-corrected chi connectivity index (χ0v) is 10.1. The summed E-state index contributed by atoms with van der Waals surface area (Å²) in [6.45, 7) is 3.99. The highest BCUT2D eigenvalue weighted by atomic mass is 35.5. The van der Waals surface area contributed by atoms with Crippen LogP contribution in [-0.4, -0.2) is 42.2 Å². The molecule has 0 N–H and O–H groups in total. The molecule has 0 spiro atoms. The van der Waals surface area contributed by atoms with E-state index in [1.165, 1.54) is 13.1 Å². The van der Waals surface area contributed by atoms with Crippen LogP contribution in [0, 0.1) is 0 Å². The molecule has 17 heavy (non-hydrogen) atoms. The Morgan fingerprint density at radius 1 is 1.53 bits per heavy atom. The molecule has 1 aromatic heterocycles. The first-order chi connectivity index (χ1) is 8.16. The van der Waals surface area contributed by atoms with Gasteiger partial charge in [-0.05, 0) is 0 Å². The van der Waals surface area contributed by atoms with Gasteiger partial charge in [-0.25, -0.2) is 4.98 Å². The molecule has 0 radical (unpaired) electrons. The molecular weight excluding hydrogens is 246 g/mol. The van der Waals surface area contributed by atoms with Crippen molar-refractivity contribution in [3.8, 4) is 5.88 Å². The van der Waals surface area contributed by atoms with Crippen LogP contribution in [0.15, 0.2) is 6.20 Å². The minimum atomic E-state index is -0.460. The van der Waals surface area contributed by atoms with E-state index in [0.717, 1.165) is 0 Å². The lowest BCUT2D eigenvalue weighted by molar-refractivity contribution is -0.132. The average Bonchev–Trinajstić information content (AvgIpc) is 2.32. The Hall–Kier alpha value is -1.40. The largest absolute Gasteiger partial charge is 0.406 e. The maximum Gasteiger partial charge on any atom is 0.309 e. The fourth-order valence-corrected chi connectivity index (χ4v) is 1.60. The lowest BCUT2D eigenvalue weighted by Crippen LogP contribution is -2.37. The van der Waals surface area contributed by atoms with Gasteiger partial charge in [0.1, 0.15) is 5.02 Å². The molecule has 1 fully saturated rings. The lowest BCUT2D eigenvalue weighted by Gasteiger charge is -2.26. The lowest BCUT2D eigenvalue weighted by atomic mass is 10.4. The van der Waals surface area contributed by atoms with Crippen LogP contribution in [0.3, 0.4) is 0 Å². The first-order valence-corrected chi connectivity index (χ1v) is 5.58. The van der Waals surface area contributed by atoms with Gasteiger partial charge in [-0.15, -0.1) is 0 Å². The Bertz CT molecular complexity index is 421. The highest BCUT2D eigenvalue weighted by Gasteiger charge is 2.16. The summed E-state index contributed by atoms with van der Waals surface area (Å²) in [5, 5.41) is 0.220. The van der Waals surface area contributed by atoms with E-state index in [4.69, 9.17) is 21.1 Å². The third-order valence-corrected chi connectivity index (χ3v) is 2.49. The fraction of sp³-hybridized carbons (Fsp3) is 0.500. The van der Waals surface area contributed by atoms with Crippen molar-refractivity contribution in [3.63, 3.8) is 0 Å². The molecule has 0 unspecified atom stereocenters. The van der Waals surface area contributed by atoms with Crippen LogP contribution in [0.1, 0.15) is 6.92 Å². The van der Waals surface area contributed by atoms with Gasteiger partial charge in [0.2, 0.25) is 11.8 Å². The molecule has 7 heteroatoms. The predicted octanol–water partition coefficient (Wildman–Crippen LogP) is 0.892. The minimum absolute atomic E-state index is 0.0932. The summed E-state index contributed by atoms with van der Waals surface area (Å²) < 4.78 is 10.1. The van der Waals surface area contributed by atoms with E-state index in [1.807, 2.05) is 4.90 Å². The maximum atomic E-state index is 10.9. The van der Waals surface area contributed by atoms with Crippen molar-refractivity contribution in [2.24, 2.45) is 0 Å². The number of morpholine rings is 1. The Morgan fingerprint density at radius 2 is 2.24 bits per heavy atom. The van der Waals surface area contributed by atoms with E-state index in [1.54, 1.807) is 0 Å². The SMILES string of the molecule is CC(=O)Oc1nc(N2CCOCC2)ncc1Cl. The number of hydrogen-bond donors (Lipinski definition) is 0. The van der Waals surface area contributed by atoms with Crippen molar-refractivity contribution >= 4 is 23.5 Å². The summed E-state index contributed by atoms with van der Waals surface area (Å²) in [5.74, 6) is 0.128. The first-order valence-electron chi connectivity index (χ1n) is 5.20. The zero-order valence-electron chi connectivity index (χ0n) is 9.35. The number of esters is 1. The summed E-state index contributed by atoms with van der Waals surface area (Å²) in [6, 6.07) is 0. The van der Waals surface area contributed by atoms with E-state index in [-0.39, 0.29) is 10.9 Å². The summed E-state index contributed by atoms with van der Waals surface area (Å²) in [5.41, 5.74) is 0. The number of nitrogens with zero attached hydrogens (tertiary/aromatic N) is 3. The molecule has 0 bridgehead atoms. The number of ether oxygens (including phenoxy) is 2. The number of anilines is 1. The first kappa shape index (κ1) is 12.1. The number of halogens is 1. The van der Waals surface area contributed by atoms with Gasteiger partial charge in [0.15, 0.2) is 0 Å². The molecule has 92 valence electrons. The van der Waals surface area contributed by atoms with Crippen LogP contribution in [0.5, 0.6) is 5.88 Å². The van der Waals surface area contributed by atoms with Gasteiger partial charge in [0, 0.05) is 20.0 Å². The summed E-state index contributed by atoms with van der Waals surface area (Å²) in [7, 11) is 0. The second-order valence-corrected chi connectivity index (χ2v) is 3.92. The zero-order chi connectivity index (χ0) is 12.3. The molecule has 1 aromatic rings. The topological polar surface area (TPSA) is 64.5 Å². The summed E-state index contributed by atoms with van der Waals surface area (Å²) in [4.78, 5) is 21.1. The van der Waals surface area contributed by atoms with Crippen LogP contribution in [-0.2, 0) is 9.53 Å². The molecule has 1 saturated heterocycles. The highest BCUT2D eigenvalue weighted by Crippen LogP contribution is 2.23. The second kappa shape index (κ2) is 5.29. The molecule has 2 heterocycles. The van der Waals surface area contributed by atoms with E-state index in [9.17, 15) is 4.79 Å². The van der Waals surface area contributed by atoms with Gasteiger partial charge in [-0.2, -0.15) is 4.98 Å². The monoisotopic (exact) mass is 257 g/mol. The number of hydrogen-bond acceptors (Lipinski definition) is 6. The van der Waals surface area contributed by atoms with Crippen LogP contribution >= 0.6 is 11.6 Å². The normalized spacial score (nSPS) is 15.8. The summed E-state index contributed by atoms with van der Waals surface area (Å²) >= 11 is 5.83. The Labute approximate surface area is 104 Å². The molecule has 0 aromatic carbocycles. The number of carbonyl (C=O) groups excluding carboxylic acids is 1. The number of aromatic nitrogens is 2. The van der Waals surface area contributed by atoms with Crippen LogP contribution < -0.4 is 9.64 Å². The fourth-order valence-electron chi connectivity index (χ4n) is 1.47. The smallest absolute Gasteiger partial charge is 0.309 e. The van der Waals surface area contributed by atoms with Gasteiger partial charge in [-0.1, -0.05) is 11.6 Å².